The Morgan fingerprint density at radius 3 is 2.37 bits per heavy atom. The minimum Gasteiger partial charge on any atom is -0.480 e. The van der Waals surface area contributed by atoms with Gasteiger partial charge in [-0.15, -0.1) is 0 Å². The van der Waals surface area contributed by atoms with Crippen LogP contribution in [0.25, 0.3) is 0 Å². The Bertz CT molecular complexity index is 462. The Kier molecular flexibility index (Phi) is 3.95. The number of amides is 2. The SMILES string of the molecule is O=C(O)C1COCCN1C(=O)N1CCS(=O)(=O)CC1. The summed E-state index contributed by atoms with van der Waals surface area (Å²) in [7, 11) is -3.06. The molecule has 9 heteroatoms. The van der Waals surface area contributed by atoms with Gasteiger partial charge in [-0.05, 0) is 0 Å². The maximum Gasteiger partial charge on any atom is 0.328 e. The predicted octanol–water partition coefficient (Wildman–Crippen LogP) is -1.38. The number of rotatable bonds is 1. The van der Waals surface area contributed by atoms with Crippen molar-refractivity contribution in [3.05, 3.63) is 0 Å². The molecule has 0 aromatic heterocycles. The van der Waals surface area contributed by atoms with Gasteiger partial charge in [0.05, 0.1) is 24.7 Å². The average Bonchev–Trinajstić information content (AvgIpc) is 2.38. The quantitative estimate of drug-likeness (QED) is 0.639. The third kappa shape index (κ3) is 3.16. The first-order valence-electron chi connectivity index (χ1n) is 5.97. The number of urea groups is 1. The van der Waals surface area contributed by atoms with E-state index in [0.29, 0.717) is 6.61 Å². The molecule has 1 N–H and O–H groups in total. The Morgan fingerprint density at radius 1 is 1.16 bits per heavy atom. The van der Waals surface area contributed by atoms with E-state index in [1.54, 1.807) is 0 Å². The summed E-state index contributed by atoms with van der Waals surface area (Å²) in [6.45, 7) is 0.698. The first-order chi connectivity index (χ1) is 8.91. The lowest BCUT2D eigenvalue weighted by Gasteiger charge is -2.37. The van der Waals surface area contributed by atoms with Gasteiger partial charge in [0.1, 0.15) is 0 Å². The van der Waals surface area contributed by atoms with Crippen LogP contribution in [0.4, 0.5) is 4.79 Å². The van der Waals surface area contributed by atoms with Crippen molar-refractivity contribution in [3.8, 4) is 0 Å². The lowest BCUT2D eigenvalue weighted by molar-refractivity contribution is -0.147. The highest BCUT2D eigenvalue weighted by Gasteiger charge is 2.36. The zero-order chi connectivity index (χ0) is 14.0. The highest BCUT2D eigenvalue weighted by atomic mass is 32.2. The summed E-state index contributed by atoms with van der Waals surface area (Å²) >= 11 is 0. The van der Waals surface area contributed by atoms with E-state index in [1.807, 2.05) is 0 Å². The number of morpholine rings is 1. The minimum atomic E-state index is -3.06. The Hall–Kier alpha value is -1.35. The van der Waals surface area contributed by atoms with Crippen molar-refractivity contribution in [2.75, 3.05) is 44.4 Å². The van der Waals surface area contributed by atoms with E-state index < -0.39 is 27.9 Å². The zero-order valence-electron chi connectivity index (χ0n) is 10.3. The molecular formula is C10H16N2O6S. The van der Waals surface area contributed by atoms with Crippen molar-refractivity contribution < 1.29 is 27.9 Å². The van der Waals surface area contributed by atoms with Gasteiger partial charge in [-0.3, -0.25) is 0 Å². The van der Waals surface area contributed by atoms with Gasteiger partial charge in [0, 0.05) is 19.6 Å². The Balaban J connectivity index is 2.04. The minimum absolute atomic E-state index is 0.0345. The molecule has 8 nitrogen and oxygen atoms in total. The molecule has 0 aliphatic carbocycles. The van der Waals surface area contributed by atoms with E-state index in [-0.39, 0.29) is 37.7 Å². The third-order valence-electron chi connectivity index (χ3n) is 3.27. The number of carboxylic acid groups (broad SMARTS) is 1. The van der Waals surface area contributed by atoms with Gasteiger partial charge < -0.3 is 19.6 Å². The first-order valence-corrected chi connectivity index (χ1v) is 7.79. The van der Waals surface area contributed by atoms with Crippen molar-refractivity contribution in [2.45, 2.75) is 6.04 Å². The number of hydrogen-bond donors (Lipinski definition) is 1. The maximum atomic E-state index is 12.2. The van der Waals surface area contributed by atoms with Crippen LogP contribution < -0.4 is 0 Å². The Morgan fingerprint density at radius 2 is 1.79 bits per heavy atom. The predicted molar refractivity (Wildman–Crippen MR) is 64.6 cm³/mol. The number of nitrogens with zero attached hydrogens (tertiary/aromatic N) is 2. The zero-order valence-corrected chi connectivity index (χ0v) is 11.1. The lowest BCUT2D eigenvalue weighted by atomic mass is 10.2. The van der Waals surface area contributed by atoms with Crippen LogP contribution in [0.5, 0.6) is 0 Å². The van der Waals surface area contributed by atoms with Crippen molar-refractivity contribution in [3.63, 3.8) is 0 Å². The van der Waals surface area contributed by atoms with Gasteiger partial charge in [-0.1, -0.05) is 0 Å². The van der Waals surface area contributed by atoms with E-state index in [9.17, 15) is 18.0 Å². The highest BCUT2D eigenvalue weighted by Crippen LogP contribution is 2.13. The summed E-state index contributed by atoms with van der Waals surface area (Å²) in [6, 6.07) is -1.43. The Labute approximate surface area is 110 Å². The summed E-state index contributed by atoms with van der Waals surface area (Å²) < 4.78 is 27.7. The second-order valence-electron chi connectivity index (χ2n) is 4.54. The molecule has 0 spiro atoms. The van der Waals surface area contributed by atoms with E-state index in [1.165, 1.54) is 9.80 Å². The molecule has 108 valence electrons. The van der Waals surface area contributed by atoms with Crippen LogP contribution in [0.15, 0.2) is 0 Å². The largest absolute Gasteiger partial charge is 0.480 e. The normalized spacial score (nSPS) is 27.1. The molecule has 2 fully saturated rings. The van der Waals surface area contributed by atoms with Gasteiger partial charge >= 0.3 is 12.0 Å². The summed E-state index contributed by atoms with van der Waals surface area (Å²) in [5, 5.41) is 9.05. The molecule has 0 aromatic carbocycles. The summed E-state index contributed by atoms with van der Waals surface area (Å²) in [6.07, 6.45) is 0. The highest BCUT2D eigenvalue weighted by molar-refractivity contribution is 7.91. The van der Waals surface area contributed by atoms with Crippen LogP contribution in [0, 0.1) is 0 Å². The van der Waals surface area contributed by atoms with Crippen LogP contribution in [0.3, 0.4) is 0 Å². The average molecular weight is 292 g/mol. The molecule has 1 atom stereocenters. The van der Waals surface area contributed by atoms with Gasteiger partial charge in [0.25, 0.3) is 0 Å². The molecule has 2 rings (SSSR count). The summed E-state index contributed by atoms with van der Waals surface area (Å²) in [5.74, 6) is -1.25. The fourth-order valence-electron chi connectivity index (χ4n) is 2.12. The number of carboxylic acids is 1. The van der Waals surface area contributed by atoms with Crippen LogP contribution in [0.1, 0.15) is 0 Å². The molecule has 0 bridgehead atoms. The van der Waals surface area contributed by atoms with Crippen molar-refractivity contribution in [2.24, 2.45) is 0 Å². The number of sulfone groups is 1. The van der Waals surface area contributed by atoms with Crippen LogP contribution >= 0.6 is 0 Å². The van der Waals surface area contributed by atoms with E-state index in [2.05, 4.69) is 0 Å². The van der Waals surface area contributed by atoms with Gasteiger partial charge in [-0.2, -0.15) is 0 Å². The van der Waals surface area contributed by atoms with Crippen molar-refractivity contribution >= 4 is 21.8 Å². The monoisotopic (exact) mass is 292 g/mol. The molecule has 1 unspecified atom stereocenters. The standard InChI is InChI=1S/C10H16N2O6S/c13-9(14)8-7-18-4-1-12(8)10(15)11-2-5-19(16,17)6-3-11/h8H,1-7H2,(H,13,14). The number of carbonyl (C=O) groups excluding carboxylic acids is 1. The second-order valence-corrected chi connectivity index (χ2v) is 6.85. The molecule has 2 aliphatic heterocycles. The first kappa shape index (κ1) is 14.1. The van der Waals surface area contributed by atoms with Crippen LogP contribution in [-0.4, -0.2) is 85.7 Å². The fourth-order valence-corrected chi connectivity index (χ4v) is 3.32. The van der Waals surface area contributed by atoms with Gasteiger partial charge in [0.2, 0.25) is 0 Å². The summed E-state index contributed by atoms with van der Waals surface area (Å²) in [5.41, 5.74) is 0. The molecule has 19 heavy (non-hydrogen) atoms. The van der Waals surface area contributed by atoms with Crippen molar-refractivity contribution in [1.29, 1.82) is 0 Å². The molecule has 0 saturated carbocycles. The van der Waals surface area contributed by atoms with Crippen LogP contribution in [0.2, 0.25) is 0 Å². The van der Waals surface area contributed by atoms with Gasteiger partial charge in [0.15, 0.2) is 15.9 Å². The molecule has 2 saturated heterocycles. The molecule has 2 heterocycles. The topological polar surface area (TPSA) is 104 Å². The third-order valence-corrected chi connectivity index (χ3v) is 4.88. The number of ether oxygens (including phenoxy) is 1. The molecule has 0 aromatic rings. The number of aliphatic carboxylic acids is 1. The molecule has 2 amide bonds. The number of carbonyl (C=O) groups is 2. The van der Waals surface area contributed by atoms with E-state index in [4.69, 9.17) is 9.84 Å². The van der Waals surface area contributed by atoms with E-state index in [0.717, 1.165) is 0 Å². The lowest BCUT2D eigenvalue weighted by Crippen LogP contribution is -2.58. The maximum absolute atomic E-state index is 12.2. The van der Waals surface area contributed by atoms with Crippen molar-refractivity contribution in [1.82, 2.24) is 9.80 Å². The van der Waals surface area contributed by atoms with Gasteiger partial charge in [-0.25, -0.2) is 18.0 Å². The van der Waals surface area contributed by atoms with Crippen LogP contribution in [-0.2, 0) is 19.4 Å². The summed E-state index contributed by atoms with van der Waals surface area (Å²) in [4.78, 5) is 25.9. The second kappa shape index (κ2) is 5.33. The molecular weight excluding hydrogens is 276 g/mol. The molecule has 2 aliphatic rings. The number of hydrogen-bond acceptors (Lipinski definition) is 5. The van der Waals surface area contributed by atoms with E-state index >= 15 is 0 Å². The fraction of sp³-hybridized carbons (Fsp3) is 0.800. The smallest absolute Gasteiger partial charge is 0.328 e. The molecule has 0 radical (unpaired) electrons.